The van der Waals surface area contributed by atoms with Crippen LogP contribution in [0.5, 0.6) is 0 Å². The highest BCUT2D eigenvalue weighted by molar-refractivity contribution is 6.05. The molecule has 0 atom stereocenters. The lowest BCUT2D eigenvalue weighted by molar-refractivity contribution is 0.102. The number of fused-ring (bicyclic) bond motifs is 1. The van der Waals surface area contributed by atoms with E-state index in [1.165, 1.54) is 0 Å². The smallest absolute Gasteiger partial charge is 0.255 e. The van der Waals surface area contributed by atoms with E-state index in [0.29, 0.717) is 5.56 Å². The van der Waals surface area contributed by atoms with Crippen molar-refractivity contribution < 1.29 is 4.79 Å². The number of carbonyl (C=O) groups excluding carboxylic acids is 1. The molecule has 0 aliphatic heterocycles. The van der Waals surface area contributed by atoms with E-state index in [2.05, 4.69) is 22.6 Å². The summed E-state index contributed by atoms with van der Waals surface area (Å²) in [4.78, 5) is 12.2. The zero-order chi connectivity index (χ0) is 14.7. The Morgan fingerprint density at radius 3 is 2.76 bits per heavy atom. The summed E-state index contributed by atoms with van der Waals surface area (Å²) in [5.41, 5.74) is 3.05. The number of rotatable bonds is 4. The molecule has 0 spiro atoms. The fourth-order valence-electron chi connectivity index (χ4n) is 2.22. The maximum absolute atomic E-state index is 12.2. The third-order valence-electron chi connectivity index (χ3n) is 3.24. The van der Waals surface area contributed by atoms with E-state index in [1.54, 1.807) is 12.1 Å². The number of hydrogen-bond acceptors (Lipinski definition) is 3. The fourth-order valence-corrected chi connectivity index (χ4v) is 2.22. The first-order valence-electron chi connectivity index (χ1n) is 6.97. The van der Waals surface area contributed by atoms with Crippen molar-refractivity contribution in [3.63, 3.8) is 0 Å². The minimum absolute atomic E-state index is 0.145. The summed E-state index contributed by atoms with van der Waals surface area (Å²) >= 11 is 0. The van der Waals surface area contributed by atoms with E-state index in [1.807, 2.05) is 41.1 Å². The van der Waals surface area contributed by atoms with Gasteiger partial charge >= 0.3 is 0 Å². The van der Waals surface area contributed by atoms with Crippen LogP contribution in [0.2, 0.25) is 0 Å². The molecule has 0 saturated heterocycles. The zero-order valence-corrected chi connectivity index (χ0v) is 11.8. The van der Waals surface area contributed by atoms with Crippen LogP contribution in [0.15, 0.2) is 48.5 Å². The lowest BCUT2D eigenvalue weighted by Gasteiger charge is -2.05. The Balaban J connectivity index is 1.85. The molecule has 5 heteroatoms. The highest BCUT2D eigenvalue weighted by atomic mass is 16.1. The van der Waals surface area contributed by atoms with Gasteiger partial charge in [0.25, 0.3) is 5.91 Å². The number of hydrogen-bond donors (Lipinski definition) is 1. The SMILES string of the molecule is CCCn1nnc2cc(C(=O)Nc3ccccc3)ccc21. The molecule has 21 heavy (non-hydrogen) atoms. The lowest BCUT2D eigenvalue weighted by Crippen LogP contribution is -2.11. The number of amides is 1. The number of benzene rings is 2. The van der Waals surface area contributed by atoms with Crippen molar-refractivity contribution in [1.82, 2.24) is 15.0 Å². The first-order chi connectivity index (χ1) is 10.3. The highest BCUT2D eigenvalue weighted by Gasteiger charge is 2.10. The van der Waals surface area contributed by atoms with E-state index in [-0.39, 0.29) is 5.91 Å². The Kier molecular flexibility index (Phi) is 3.64. The number of nitrogens with one attached hydrogen (secondary N) is 1. The molecule has 5 nitrogen and oxygen atoms in total. The molecule has 1 N–H and O–H groups in total. The van der Waals surface area contributed by atoms with Crippen LogP contribution in [-0.4, -0.2) is 20.9 Å². The van der Waals surface area contributed by atoms with E-state index in [0.717, 1.165) is 29.7 Å². The summed E-state index contributed by atoms with van der Waals surface area (Å²) in [5.74, 6) is -0.145. The Labute approximate surface area is 122 Å². The Morgan fingerprint density at radius 2 is 2.00 bits per heavy atom. The monoisotopic (exact) mass is 280 g/mol. The molecule has 0 fully saturated rings. The average Bonchev–Trinajstić information content (AvgIpc) is 2.91. The molecule has 0 aliphatic rings. The van der Waals surface area contributed by atoms with Crippen LogP contribution >= 0.6 is 0 Å². The van der Waals surface area contributed by atoms with Gasteiger partial charge in [-0.2, -0.15) is 0 Å². The maximum atomic E-state index is 12.2. The third kappa shape index (κ3) is 2.76. The third-order valence-corrected chi connectivity index (χ3v) is 3.24. The second-order valence-corrected chi connectivity index (χ2v) is 4.84. The van der Waals surface area contributed by atoms with Gasteiger partial charge in [-0.05, 0) is 36.8 Å². The first-order valence-corrected chi connectivity index (χ1v) is 6.97. The minimum atomic E-state index is -0.145. The van der Waals surface area contributed by atoms with E-state index in [9.17, 15) is 4.79 Å². The van der Waals surface area contributed by atoms with Gasteiger partial charge in [0.2, 0.25) is 0 Å². The summed E-state index contributed by atoms with van der Waals surface area (Å²) in [7, 11) is 0. The van der Waals surface area contributed by atoms with Crippen LogP contribution in [0, 0.1) is 0 Å². The quantitative estimate of drug-likeness (QED) is 0.799. The Bertz CT molecular complexity index is 764. The second kappa shape index (κ2) is 5.75. The van der Waals surface area contributed by atoms with Gasteiger partial charge in [-0.3, -0.25) is 4.79 Å². The molecule has 0 aliphatic carbocycles. The highest BCUT2D eigenvalue weighted by Crippen LogP contribution is 2.15. The van der Waals surface area contributed by atoms with Gasteiger partial charge in [0.1, 0.15) is 5.52 Å². The van der Waals surface area contributed by atoms with Crippen LogP contribution in [-0.2, 0) is 6.54 Å². The number of para-hydroxylation sites is 1. The normalized spacial score (nSPS) is 10.7. The van der Waals surface area contributed by atoms with Gasteiger partial charge in [-0.25, -0.2) is 4.68 Å². The zero-order valence-electron chi connectivity index (χ0n) is 11.8. The second-order valence-electron chi connectivity index (χ2n) is 4.84. The van der Waals surface area contributed by atoms with Gasteiger partial charge in [0.15, 0.2) is 0 Å². The topological polar surface area (TPSA) is 59.8 Å². The molecule has 0 bridgehead atoms. The van der Waals surface area contributed by atoms with Crippen LogP contribution < -0.4 is 5.32 Å². The van der Waals surface area contributed by atoms with Crippen LogP contribution in [0.25, 0.3) is 11.0 Å². The van der Waals surface area contributed by atoms with Crippen molar-refractivity contribution in [2.45, 2.75) is 19.9 Å². The predicted molar refractivity (Wildman–Crippen MR) is 82.2 cm³/mol. The molecular formula is C16H16N4O. The standard InChI is InChI=1S/C16H16N4O/c1-2-10-20-15-9-8-12(11-14(15)18-19-20)16(21)17-13-6-4-3-5-7-13/h3-9,11H,2,10H2,1H3,(H,17,21). The molecule has 0 saturated carbocycles. The van der Waals surface area contributed by atoms with Gasteiger partial charge in [-0.1, -0.05) is 30.3 Å². The number of aromatic nitrogens is 3. The molecule has 3 rings (SSSR count). The number of nitrogens with zero attached hydrogens (tertiary/aromatic N) is 3. The summed E-state index contributed by atoms with van der Waals surface area (Å²) in [6.07, 6.45) is 0.995. The lowest BCUT2D eigenvalue weighted by atomic mass is 10.2. The molecule has 106 valence electrons. The van der Waals surface area contributed by atoms with Crippen molar-refractivity contribution in [3.8, 4) is 0 Å². The van der Waals surface area contributed by atoms with Crippen LogP contribution in [0.3, 0.4) is 0 Å². The van der Waals surface area contributed by atoms with Crippen molar-refractivity contribution >= 4 is 22.6 Å². The molecule has 1 heterocycles. The molecule has 1 amide bonds. The summed E-state index contributed by atoms with van der Waals surface area (Å²) in [5, 5.41) is 11.1. The minimum Gasteiger partial charge on any atom is -0.322 e. The largest absolute Gasteiger partial charge is 0.322 e. The van der Waals surface area contributed by atoms with Crippen LogP contribution in [0.1, 0.15) is 23.7 Å². The average molecular weight is 280 g/mol. The summed E-state index contributed by atoms with van der Waals surface area (Å²) in [6, 6.07) is 14.9. The summed E-state index contributed by atoms with van der Waals surface area (Å²) in [6.45, 7) is 2.92. The molecule has 2 aromatic carbocycles. The molecule has 0 radical (unpaired) electrons. The maximum Gasteiger partial charge on any atom is 0.255 e. The van der Waals surface area contributed by atoms with E-state index in [4.69, 9.17) is 0 Å². The van der Waals surface area contributed by atoms with Crippen molar-refractivity contribution in [2.24, 2.45) is 0 Å². The van der Waals surface area contributed by atoms with Crippen molar-refractivity contribution in [3.05, 3.63) is 54.1 Å². The number of aryl methyl sites for hydroxylation is 1. The predicted octanol–water partition coefficient (Wildman–Crippen LogP) is 3.09. The first kappa shape index (κ1) is 13.3. The number of anilines is 1. The summed E-state index contributed by atoms with van der Waals surface area (Å²) < 4.78 is 1.86. The molecule has 1 aromatic heterocycles. The molecule has 3 aromatic rings. The van der Waals surface area contributed by atoms with Crippen LogP contribution in [0.4, 0.5) is 5.69 Å². The fraction of sp³-hybridized carbons (Fsp3) is 0.188. The number of carbonyl (C=O) groups is 1. The van der Waals surface area contributed by atoms with Crippen molar-refractivity contribution in [1.29, 1.82) is 0 Å². The molecule has 0 unspecified atom stereocenters. The van der Waals surface area contributed by atoms with E-state index < -0.39 is 0 Å². The Hall–Kier alpha value is -2.69. The van der Waals surface area contributed by atoms with E-state index >= 15 is 0 Å². The molecular weight excluding hydrogens is 264 g/mol. The van der Waals surface area contributed by atoms with Gasteiger partial charge in [0.05, 0.1) is 5.52 Å². The van der Waals surface area contributed by atoms with Gasteiger partial charge in [0, 0.05) is 17.8 Å². The van der Waals surface area contributed by atoms with Crippen molar-refractivity contribution in [2.75, 3.05) is 5.32 Å². The Morgan fingerprint density at radius 1 is 1.19 bits per heavy atom. The van der Waals surface area contributed by atoms with Gasteiger partial charge < -0.3 is 5.32 Å². The van der Waals surface area contributed by atoms with Gasteiger partial charge in [-0.15, -0.1) is 5.10 Å².